The molecule has 3 rings (SSSR count). The third kappa shape index (κ3) is 3.28. The van der Waals surface area contributed by atoms with E-state index in [1.165, 1.54) is 0 Å². The minimum absolute atomic E-state index is 0.0130. The first kappa shape index (κ1) is 16.9. The molecule has 3 N–H and O–H groups in total. The molecule has 1 amide bonds. The molecule has 0 saturated carbocycles. The first-order chi connectivity index (χ1) is 11.4. The Hall–Kier alpha value is -1.96. The zero-order valence-electron chi connectivity index (χ0n) is 13.2. The van der Waals surface area contributed by atoms with Crippen molar-refractivity contribution in [3.63, 3.8) is 0 Å². The number of hydrogen-bond donors (Lipinski definition) is 2. The van der Waals surface area contributed by atoms with Gasteiger partial charge in [0.25, 0.3) is 0 Å². The summed E-state index contributed by atoms with van der Waals surface area (Å²) < 4.78 is 33.0. The average molecular weight is 348 g/mol. The molecule has 24 heavy (non-hydrogen) atoms. The number of rotatable bonds is 5. The highest BCUT2D eigenvalue weighted by Crippen LogP contribution is 2.30. The van der Waals surface area contributed by atoms with Crippen molar-refractivity contribution in [3.05, 3.63) is 42.5 Å². The Kier molecular flexibility index (Phi) is 4.58. The van der Waals surface area contributed by atoms with Crippen LogP contribution in [0.25, 0.3) is 10.8 Å². The lowest BCUT2D eigenvalue weighted by Gasteiger charge is -2.34. The van der Waals surface area contributed by atoms with Crippen LogP contribution in [0, 0.1) is 5.41 Å². The lowest BCUT2D eigenvalue weighted by atomic mass is 9.80. The fraction of sp³-hybridized carbons (Fsp3) is 0.353. The van der Waals surface area contributed by atoms with Gasteiger partial charge in [-0.05, 0) is 35.7 Å². The molecule has 128 valence electrons. The molecule has 0 spiro atoms. The van der Waals surface area contributed by atoms with E-state index in [2.05, 4.69) is 4.72 Å². The van der Waals surface area contributed by atoms with Crippen molar-refractivity contribution in [1.29, 1.82) is 0 Å². The van der Waals surface area contributed by atoms with Gasteiger partial charge >= 0.3 is 0 Å². The Morgan fingerprint density at radius 1 is 1.12 bits per heavy atom. The Morgan fingerprint density at radius 3 is 2.46 bits per heavy atom. The summed E-state index contributed by atoms with van der Waals surface area (Å²) in [5.74, 6) is -0.494. The highest BCUT2D eigenvalue weighted by Gasteiger charge is 2.39. The number of carbonyl (C=O) groups excluding carboxylic acids is 1. The summed E-state index contributed by atoms with van der Waals surface area (Å²) >= 11 is 0. The van der Waals surface area contributed by atoms with E-state index in [1.54, 1.807) is 18.2 Å². The highest BCUT2D eigenvalue weighted by molar-refractivity contribution is 7.89. The smallest absolute Gasteiger partial charge is 0.240 e. The summed E-state index contributed by atoms with van der Waals surface area (Å²) in [5, 5.41) is 1.81. The normalized spacial score (nSPS) is 17.7. The Morgan fingerprint density at radius 2 is 1.79 bits per heavy atom. The van der Waals surface area contributed by atoms with Crippen LogP contribution in [0.2, 0.25) is 0 Å². The number of fused-ring (bicyclic) bond motifs is 1. The van der Waals surface area contributed by atoms with E-state index in [1.807, 2.05) is 24.3 Å². The maximum Gasteiger partial charge on any atom is 0.240 e. The largest absolute Gasteiger partial charge is 0.381 e. The molecule has 0 radical (unpaired) electrons. The predicted molar refractivity (Wildman–Crippen MR) is 90.8 cm³/mol. The van der Waals surface area contributed by atoms with Crippen molar-refractivity contribution in [2.45, 2.75) is 17.7 Å². The van der Waals surface area contributed by atoms with Gasteiger partial charge in [-0.1, -0.05) is 30.3 Å². The molecular weight excluding hydrogens is 328 g/mol. The number of carbonyl (C=O) groups is 1. The fourth-order valence-electron chi connectivity index (χ4n) is 2.92. The molecule has 0 aromatic heterocycles. The van der Waals surface area contributed by atoms with E-state index in [4.69, 9.17) is 10.5 Å². The summed E-state index contributed by atoms with van der Waals surface area (Å²) in [5.41, 5.74) is 4.63. The summed E-state index contributed by atoms with van der Waals surface area (Å²) in [7, 11) is -3.72. The molecule has 0 aliphatic carbocycles. The number of nitrogens with one attached hydrogen (secondary N) is 1. The minimum Gasteiger partial charge on any atom is -0.381 e. The van der Waals surface area contributed by atoms with Crippen LogP contribution in [0.3, 0.4) is 0 Å². The monoisotopic (exact) mass is 348 g/mol. The zero-order valence-corrected chi connectivity index (χ0v) is 14.0. The molecule has 1 aliphatic heterocycles. The van der Waals surface area contributed by atoms with E-state index in [-0.39, 0.29) is 11.4 Å². The molecule has 1 heterocycles. The second kappa shape index (κ2) is 6.51. The molecule has 7 heteroatoms. The molecule has 2 aromatic carbocycles. The number of hydrogen-bond acceptors (Lipinski definition) is 4. The Labute approximate surface area is 141 Å². The van der Waals surface area contributed by atoms with Gasteiger partial charge in [0.15, 0.2) is 0 Å². The van der Waals surface area contributed by atoms with Gasteiger partial charge in [0.05, 0.1) is 10.3 Å². The molecule has 2 aromatic rings. The molecule has 0 unspecified atom stereocenters. The van der Waals surface area contributed by atoms with Crippen molar-refractivity contribution >= 4 is 26.7 Å². The summed E-state index contributed by atoms with van der Waals surface area (Å²) in [6, 6.07) is 12.5. The first-order valence-electron chi connectivity index (χ1n) is 7.79. The summed E-state index contributed by atoms with van der Waals surface area (Å²) in [6.45, 7) is 0.794. The maximum atomic E-state index is 12.6. The van der Waals surface area contributed by atoms with Crippen molar-refractivity contribution in [3.8, 4) is 0 Å². The summed E-state index contributed by atoms with van der Waals surface area (Å²) in [4.78, 5) is 12.0. The minimum atomic E-state index is -3.72. The molecule has 6 nitrogen and oxygen atoms in total. The number of nitrogens with two attached hydrogens (primary N) is 1. The van der Waals surface area contributed by atoms with Crippen LogP contribution in [-0.2, 0) is 19.6 Å². The third-order valence-corrected chi connectivity index (χ3v) is 6.00. The van der Waals surface area contributed by atoms with E-state index in [9.17, 15) is 13.2 Å². The maximum absolute atomic E-state index is 12.6. The van der Waals surface area contributed by atoms with Crippen LogP contribution in [0.15, 0.2) is 47.4 Å². The Balaban J connectivity index is 1.83. The zero-order chi connectivity index (χ0) is 17.2. The van der Waals surface area contributed by atoms with Gasteiger partial charge in [-0.15, -0.1) is 0 Å². The Bertz CT molecular complexity index is 858. The lowest BCUT2D eigenvalue weighted by molar-refractivity contribution is -0.132. The van der Waals surface area contributed by atoms with Crippen molar-refractivity contribution < 1.29 is 17.9 Å². The number of benzene rings is 2. The molecule has 1 saturated heterocycles. The predicted octanol–water partition coefficient (Wildman–Crippen LogP) is 1.40. The number of ether oxygens (including phenoxy) is 1. The summed E-state index contributed by atoms with van der Waals surface area (Å²) in [6.07, 6.45) is 0.838. The fourth-order valence-corrected chi connectivity index (χ4v) is 4.09. The third-order valence-electron chi connectivity index (χ3n) is 4.60. The van der Waals surface area contributed by atoms with Crippen LogP contribution in [0.4, 0.5) is 0 Å². The van der Waals surface area contributed by atoms with E-state index >= 15 is 0 Å². The van der Waals surface area contributed by atoms with Crippen LogP contribution in [0.1, 0.15) is 12.8 Å². The van der Waals surface area contributed by atoms with Gasteiger partial charge in [0, 0.05) is 19.8 Å². The lowest BCUT2D eigenvalue weighted by Crippen LogP contribution is -2.49. The second-order valence-electron chi connectivity index (χ2n) is 6.09. The molecule has 0 bridgehead atoms. The van der Waals surface area contributed by atoms with Gasteiger partial charge in [-0.25, -0.2) is 13.1 Å². The highest BCUT2D eigenvalue weighted by atomic mass is 32.2. The van der Waals surface area contributed by atoms with Crippen LogP contribution < -0.4 is 10.5 Å². The van der Waals surface area contributed by atoms with Crippen molar-refractivity contribution in [2.24, 2.45) is 11.1 Å². The van der Waals surface area contributed by atoms with Gasteiger partial charge in [0.2, 0.25) is 15.9 Å². The van der Waals surface area contributed by atoms with E-state index < -0.39 is 21.3 Å². The van der Waals surface area contributed by atoms with Gasteiger partial charge in [0.1, 0.15) is 0 Å². The van der Waals surface area contributed by atoms with Crippen molar-refractivity contribution in [2.75, 3.05) is 19.8 Å². The van der Waals surface area contributed by atoms with Gasteiger partial charge < -0.3 is 10.5 Å². The number of amides is 1. The molecule has 1 fully saturated rings. The number of sulfonamides is 1. The first-order valence-corrected chi connectivity index (χ1v) is 9.27. The van der Waals surface area contributed by atoms with Gasteiger partial charge in [-0.2, -0.15) is 0 Å². The van der Waals surface area contributed by atoms with Crippen molar-refractivity contribution in [1.82, 2.24) is 4.72 Å². The van der Waals surface area contributed by atoms with Gasteiger partial charge in [-0.3, -0.25) is 4.79 Å². The second-order valence-corrected chi connectivity index (χ2v) is 7.86. The van der Waals surface area contributed by atoms with E-state index in [0.29, 0.717) is 26.1 Å². The van der Waals surface area contributed by atoms with E-state index in [0.717, 1.165) is 10.8 Å². The van der Waals surface area contributed by atoms with Crippen LogP contribution in [-0.4, -0.2) is 34.1 Å². The number of primary amides is 1. The molecular formula is C17H20N2O4S. The van der Waals surface area contributed by atoms with Crippen LogP contribution >= 0.6 is 0 Å². The average Bonchev–Trinajstić information content (AvgIpc) is 2.60. The topological polar surface area (TPSA) is 98.5 Å². The SMILES string of the molecule is NC(=O)C1(CNS(=O)(=O)c2ccc3ccccc3c2)CCOCC1. The van der Waals surface area contributed by atoms with Crippen LogP contribution in [0.5, 0.6) is 0 Å². The molecule has 1 aliphatic rings. The molecule has 0 atom stereocenters. The quantitative estimate of drug-likeness (QED) is 0.853. The standard InChI is InChI=1S/C17H20N2O4S/c18-16(20)17(7-9-23-10-8-17)12-19-24(21,22)15-6-5-13-3-1-2-4-14(13)11-15/h1-6,11,19H,7-10,12H2,(H2,18,20).